The standard InChI is InChI=1S/C23H30N6O2/c1-16(17-5-9-19(30-3)10-6-17)13-14-25-23(24-2)26-15-21-27-22(29-28-21)18-7-11-20(31-4)12-8-18/h5-12,16H,13-15H2,1-4H3,(H2,24,25,26)(H,27,28,29). The first-order chi connectivity index (χ1) is 15.1. The number of aromatic amines is 1. The van der Waals surface area contributed by atoms with Gasteiger partial charge in [-0.1, -0.05) is 19.1 Å². The molecular formula is C23H30N6O2. The SMILES string of the molecule is CN=C(NCCC(C)c1ccc(OC)cc1)NCc1nc(-c2ccc(OC)cc2)n[nH]1. The Hall–Kier alpha value is -3.55. The van der Waals surface area contributed by atoms with Gasteiger partial charge in [-0.2, -0.15) is 5.10 Å². The largest absolute Gasteiger partial charge is 0.497 e. The Balaban J connectivity index is 1.45. The van der Waals surface area contributed by atoms with Crippen molar-refractivity contribution in [2.75, 3.05) is 27.8 Å². The van der Waals surface area contributed by atoms with E-state index in [-0.39, 0.29) is 0 Å². The predicted octanol–water partition coefficient (Wildman–Crippen LogP) is 3.35. The molecule has 2 aromatic carbocycles. The fourth-order valence-electron chi connectivity index (χ4n) is 3.14. The Labute approximate surface area is 183 Å². The van der Waals surface area contributed by atoms with Gasteiger partial charge in [-0.3, -0.25) is 10.1 Å². The van der Waals surface area contributed by atoms with Crippen LogP contribution in [0.15, 0.2) is 53.5 Å². The van der Waals surface area contributed by atoms with E-state index in [1.165, 1.54) is 5.56 Å². The third-order valence-corrected chi connectivity index (χ3v) is 5.08. The molecule has 3 aromatic rings. The Morgan fingerprint density at radius 3 is 2.26 bits per heavy atom. The summed E-state index contributed by atoms with van der Waals surface area (Å²) in [7, 11) is 5.08. The molecule has 0 radical (unpaired) electrons. The van der Waals surface area contributed by atoms with Crippen molar-refractivity contribution in [1.82, 2.24) is 25.8 Å². The summed E-state index contributed by atoms with van der Waals surface area (Å²) in [6.45, 7) is 3.52. The molecule has 8 heteroatoms. The molecule has 0 aliphatic rings. The fourth-order valence-corrected chi connectivity index (χ4v) is 3.14. The number of benzene rings is 2. The first kappa shape index (κ1) is 22.1. The second-order valence-corrected chi connectivity index (χ2v) is 7.15. The second-order valence-electron chi connectivity index (χ2n) is 7.15. The number of aromatic nitrogens is 3. The fraction of sp³-hybridized carbons (Fsp3) is 0.348. The smallest absolute Gasteiger partial charge is 0.191 e. The van der Waals surface area contributed by atoms with Crippen LogP contribution in [0.2, 0.25) is 0 Å². The minimum atomic E-state index is 0.429. The van der Waals surface area contributed by atoms with E-state index in [0.717, 1.165) is 41.8 Å². The second kappa shape index (κ2) is 11.0. The first-order valence-corrected chi connectivity index (χ1v) is 10.3. The van der Waals surface area contributed by atoms with Crippen LogP contribution in [0.1, 0.15) is 30.7 Å². The van der Waals surface area contributed by atoms with Crippen molar-refractivity contribution in [3.63, 3.8) is 0 Å². The highest BCUT2D eigenvalue weighted by Gasteiger charge is 2.09. The zero-order valence-electron chi connectivity index (χ0n) is 18.5. The van der Waals surface area contributed by atoms with Gasteiger partial charge in [0.25, 0.3) is 0 Å². The highest BCUT2D eigenvalue weighted by Crippen LogP contribution is 2.21. The van der Waals surface area contributed by atoms with Crippen molar-refractivity contribution in [3.05, 3.63) is 59.9 Å². The van der Waals surface area contributed by atoms with E-state index < -0.39 is 0 Å². The van der Waals surface area contributed by atoms with Gasteiger partial charge >= 0.3 is 0 Å². The summed E-state index contributed by atoms with van der Waals surface area (Å²) in [4.78, 5) is 8.82. The monoisotopic (exact) mass is 422 g/mol. The van der Waals surface area contributed by atoms with Crippen molar-refractivity contribution in [2.45, 2.75) is 25.8 Å². The minimum Gasteiger partial charge on any atom is -0.497 e. The predicted molar refractivity (Wildman–Crippen MR) is 123 cm³/mol. The molecular weight excluding hydrogens is 392 g/mol. The number of ether oxygens (including phenoxy) is 2. The van der Waals surface area contributed by atoms with Gasteiger partial charge in [0.2, 0.25) is 0 Å². The first-order valence-electron chi connectivity index (χ1n) is 10.3. The molecule has 0 fully saturated rings. The number of nitrogens with zero attached hydrogens (tertiary/aromatic N) is 3. The maximum absolute atomic E-state index is 5.22. The van der Waals surface area contributed by atoms with Crippen LogP contribution >= 0.6 is 0 Å². The lowest BCUT2D eigenvalue weighted by molar-refractivity contribution is 0.414. The van der Waals surface area contributed by atoms with Gasteiger partial charge in [0.15, 0.2) is 11.8 Å². The van der Waals surface area contributed by atoms with Gasteiger partial charge < -0.3 is 20.1 Å². The van der Waals surface area contributed by atoms with Crippen molar-refractivity contribution in [2.24, 2.45) is 4.99 Å². The molecule has 0 saturated heterocycles. The normalized spacial score (nSPS) is 12.3. The summed E-state index contributed by atoms with van der Waals surface area (Å²) in [5, 5.41) is 13.9. The molecule has 0 spiro atoms. The lowest BCUT2D eigenvalue weighted by Crippen LogP contribution is -2.37. The third-order valence-electron chi connectivity index (χ3n) is 5.08. The highest BCUT2D eigenvalue weighted by molar-refractivity contribution is 5.79. The number of nitrogens with one attached hydrogen (secondary N) is 3. The summed E-state index contributed by atoms with van der Waals surface area (Å²) in [5.41, 5.74) is 2.22. The molecule has 0 aliphatic carbocycles. The topological polar surface area (TPSA) is 96.5 Å². The van der Waals surface area contributed by atoms with Gasteiger partial charge in [0.1, 0.15) is 17.3 Å². The number of H-pyrrole nitrogens is 1. The lowest BCUT2D eigenvalue weighted by atomic mass is 9.98. The lowest BCUT2D eigenvalue weighted by Gasteiger charge is -2.15. The van der Waals surface area contributed by atoms with E-state index in [1.54, 1.807) is 21.3 Å². The van der Waals surface area contributed by atoms with Crippen molar-refractivity contribution >= 4 is 5.96 Å². The van der Waals surface area contributed by atoms with Crippen LogP contribution < -0.4 is 20.1 Å². The van der Waals surface area contributed by atoms with Gasteiger partial charge in [-0.15, -0.1) is 0 Å². The van der Waals surface area contributed by atoms with Crippen LogP contribution in [-0.4, -0.2) is 49.0 Å². The molecule has 0 saturated carbocycles. The molecule has 1 unspecified atom stereocenters. The molecule has 0 aliphatic heterocycles. The number of hydrogen-bond acceptors (Lipinski definition) is 5. The molecule has 1 heterocycles. The number of rotatable bonds is 9. The van der Waals surface area contributed by atoms with E-state index >= 15 is 0 Å². The third kappa shape index (κ3) is 6.21. The van der Waals surface area contributed by atoms with Crippen LogP contribution in [0, 0.1) is 0 Å². The van der Waals surface area contributed by atoms with Crippen molar-refractivity contribution in [3.8, 4) is 22.9 Å². The number of aliphatic imine (C=N–C) groups is 1. The van der Waals surface area contributed by atoms with E-state index in [0.29, 0.717) is 18.3 Å². The molecule has 31 heavy (non-hydrogen) atoms. The molecule has 1 atom stereocenters. The van der Waals surface area contributed by atoms with E-state index in [4.69, 9.17) is 9.47 Å². The van der Waals surface area contributed by atoms with Crippen LogP contribution in [0.3, 0.4) is 0 Å². The minimum absolute atomic E-state index is 0.429. The summed E-state index contributed by atoms with van der Waals surface area (Å²) >= 11 is 0. The number of guanidine groups is 1. The number of methoxy groups -OCH3 is 2. The maximum atomic E-state index is 5.22. The average molecular weight is 423 g/mol. The van der Waals surface area contributed by atoms with Crippen molar-refractivity contribution < 1.29 is 9.47 Å². The molecule has 0 amide bonds. The molecule has 3 N–H and O–H groups in total. The molecule has 1 aromatic heterocycles. The Bertz CT molecular complexity index is 966. The average Bonchev–Trinajstić information content (AvgIpc) is 3.30. The van der Waals surface area contributed by atoms with Crippen molar-refractivity contribution in [1.29, 1.82) is 0 Å². The summed E-state index contributed by atoms with van der Waals surface area (Å²) in [6.07, 6.45) is 0.983. The number of hydrogen-bond donors (Lipinski definition) is 3. The van der Waals surface area contributed by atoms with Crippen LogP contribution in [0.4, 0.5) is 0 Å². The summed E-state index contributed by atoms with van der Waals surface area (Å²) in [5.74, 6) is 4.22. The summed E-state index contributed by atoms with van der Waals surface area (Å²) < 4.78 is 10.4. The molecule has 3 rings (SSSR count). The Kier molecular flexibility index (Phi) is 7.86. The highest BCUT2D eigenvalue weighted by atomic mass is 16.5. The van der Waals surface area contributed by atoms with E-state index in [1.807, 2.05) is 36.4 Å². The quantitative estimate of drug-likeness (QED) is 0.361. The molecule has 164 valence electrons. The van der Waals surface area contributed by atoms with E-state index in [9.17, 15) is 0 Å². The van der Waals surface area contributed by atoms with Gasteiger partial charge in [-0.05, 0) is 54.3 Å². The maximum Gasteiger partial charge on any atom is 0.191 e. The van der Waals surface area contributed by atoms with Gasteiger partial charge in [-0.25, -0.2) is 4.98 Å². The van der Waals surface area contributed by atoms with Gasteiger partial charge in [0.05, 0.1) is 20.8 Å². The van der Waals surface area contributed by atoms with Crippen LogP contribution in [-0.2, 0) is 6.54 Å². The van der Waals surface area contributed by atoms with Gasteiger partial charge in [0, 0.05) is 19.2 Å². The van der Waals surface area contributed by atoms with E-state index in [2.05, 4.69) is 49.9 Å². The summed E-state index contributed by atoms with van der Waals surface area (Å²) in [6, 6.07) is 15.9. The Morgan fingerprint density at radius 1 is 1.00 bits per heavy atom. The zero-order chi connectivity index (χ0) is 22.1. The zero-order valence-corrected chi connectivity index (χ0v) is 18.5. The molecule has 0 bridgehead atoms. The van der Waals surface area contributed by atoms with Crippen LogP contribution in [0.25, 0.3) is 11.4 Å². The van der Waals surface area contributed by atoms with Crippen LogP contribution in [0.5, 0.6) is 11.5 Å². The Morgan fingerprint density at radius 2 is 1.65 bits per heavy atom. The molecule has 8 nitrogen and oxygen atoms in total.